The van der Waals surface area contributed by atoms with E-state index in [0.29, 0.717) is 42.6 Å². The lowest BCUT2D eigenvalue weighted by Gasteiger charge is -2.23. The van der Waals surface area contributed by atoms with Gasteiger partial charge in [-0.2, -0.15) is 0 Å². The smallest absolute Gasteiger partial charge is 0.226 e. The lowest BCUT2D eigenvalue weighted by molar-refractivity contribution is -0.117. The minimum atomic E-state index is -0.117. The highest BCUT2D eigenvalue weighted by atomic mass is 16.5. The molecule has 0 bridgehead atoms. The molecule has 7 nitrogen and oxygen atoms in total. The van der Waals surface area contributed by atoms with Gasteiger partial charge in [-0.1, -0.05) is 0 Å². The fraction of sp³-hybridized carbons (Fsp3) is 0.533. The molecule has 1 atom stereocenters. The van der Waals surface area contributed by atoms with Gasteiger partial charge in [0.1, 0.15) is 5.75 Å². The van der Waals surface area contributed by atoms with E-state index in [9.17, 15) is 4.79 Å². The topological polar surface area (TPSA) is 78.0 Å². The molecule has 0 radical (unpaired) electrons. The van der Waals surface area contributed by atoms with E-state index in [1.807, 2.05) is 0 Å². The highest BCUT2D eigenvalue weighted by Gasteiger charge is 2.19. The zero-order chi connectivity index (χ0) is 15.9. The number of amides is 1. The Labute approximate surface area is 129 Å². The maximum absolute atomic E-state index is 12.2. The monoisotopic (exact) mass is 310 g/mol. The number of carbonyl (C=O) groups is 1. The second-order valence-electron chi connectivity index (χ2n) is 4.89. The number of hydrogen-bond donors (Lipinski definition) is 2. The van der Waals surface area contributed by atoms with Crippen LogP contribution in [0.1, 0.15) is 6.42 Å². The molecule has 1 amide bonds. The highest BCUT2D eigenvalue weighted by Crippen LogP contribution is 2.37. The maximum Gasteiger partial charge on any atom is 0.226 e. The van der Waals surface area contributed by atoms with E-state index in [1.165, 1.54) is 7.11 Å². The van der Waals surface area contributed by atoms with Gasteiger partial charge < -0.3 is 29.6 Å². The van der Waals surface area contributed by atoms with Gasteiger partial charge in [0.15, 0.2) is 11.5 Å². The molecular formula is C15H22N2O5. The molecule has 0 aliphatic carbocycles. The van der Waals surface area contributed by atoms with Crippen LogP contribution in [0.25, 0.3) is 0 Å². The molecule has 1 aliphatic rings. The summed E-state index contributed by atoms with van der Waals surface area (Å²) in [6.07, 6.45) is 0.331. The summed E-state index contributed by atoms with van der Waals surface area (Å²) < 4.78 is 21.1. The lowest BCUT2D eigenvalue weighted by atomic mass is 10.2. The van der Waals surface area contributed by atoms with E-state index in [1.54, 1.807) is 26.4 Å². The maximum atomic E-state index is 12.2. The van der Waals surface area contributed by atoms with Gasteiger partial charge in [-0.25, -0.2) is 0 Å². The molecule has 122 valence electrons. The summed E-state index contributed by atoms with van der Waals surface area (Å²) in [6, 6.07) is 3.39. The molecule has 22 heavy (non-hydrogen) atoms. The van der Waals surface area contributed by atoms with E-state index in [-0.39, 0.29) is 11.9 Å². The van der Waals surface area contributed by atoms with Gasteiger partial charge in [0.2, 0.25) is 5.91 Å². The summed E-state index contributed by atoms with van der Waals surface area (Å²) in [5.74, 6) is 1.46. The third-order valence-corrected chi connectivity index (χ3v) is 3.41. The van der Waals surface area contributed by atoms with Crippen molar-refractivity contribution in [3.8, 4) is 17.2 Å². The van der Waals surface area contributed by atoms with Crippen molar-refractivity contribution in [3.05, 3.63) is 12.1 Å². The van der Waals surface area contributed by atoms with E-state index in [2.05, 4.69) is 10.6 Å². The molecule has 0 spiro atoms. The van der Waals surface area contributed by atoms with Crippen LogP contribution in [0.5, 0.6) is 17.2 Å². The van der Waals surface area contributed by atoms with Gasteiger partial charge in [-0.15, -0.1) is 0 Å². The van der Waals surface area contributed by atoms with E-state index in [0.717, 1.165) is 6.54 Å². The first-order valence-electron chi connectivity index (χ1n) is 7.09. The van der Waals surface area contributed by atoms with E-state index >= 15 is 0 Å². The summed E-state index contributed by atoms with van der Waals surface area (Å²) in [4.78, 5) is 12.2. The first kappa shape index (κ1) is 16.4. The minimum absolute atomic E-state index is 0.0277. The summed E-state index contributed by atoms with van der Waals surface area (Å²) in [7, 11) is 4.62. The second kappa shape index (κ2) is 7.86. The van der Waals surface area contributed by atoms with Crippen molar-refractivity contribution in [2.75, 3.05) is 46.4 Å². The Morgan fingerprint density at radius 3 is 2.50 bits per heavy atom. The predicted molar refractivity (Wildman–Crippen MR) is 82.0 cm³/mol. The average Bonchev–Trinajstić information content (AvgIpc) is 2.55. The standard InChI is InChI=1S/C15H22N2O5/c1-19-12-8-14(21-3)13(20-2)7-11(12)17-15(18)6-10-9-22-5-4-16-10/h7-8,10,16H,4-6,9H2,1-3H3,(H,17,18). The second-order valence-corrected chi connectivity index (χ2v) is 4.89. The highest BCUT2D eigenvalue weighted by molar-refractivity contribution is 5.93. The number of nitrogens with one attached hydrogen (secondary N) is 2. The average molecular weight is 310 g/mol. The van der Waals surface area contributed by atoms with Crippen LogP contribution in [0, 0.1) is 0 Å². The summed E-state index contributed by atoms with van der Waals surface area (Å²) >= 11 is 0. The number of anilines is 1. The Hall–Kier alpha value is -1.99. The van der Waals surface area contributed by atoms with Crippen molar-refractivity contribution in [1.82, 2.24) is 5.32 Å². The van der Waals surface area contributed by atoms with Crippen LogP contribution >= 0.6 is 0 Å². The summed E-state index contributed by atoms with van der Waals surface area (Å²) in [5, 5.41) is 6.08. The fourth-order valence-corrected chi connectivity index (χ4v) is 2.30. The van der Waals surface area contributed by atoms with Crippen molar-refractivity contribution in [1.29, 1.82) is 0 Å². The van der Waals surface area contributed by atoms with Crippen molar-refractivity contribution in [3.63, 3.8) is 0 Å². The number of benzene rings is 1. The molecule has 2 rings (SSSR count). The Kier molecular flexibility index (Phi) is 5.85. The number of carbonyl (C=O) groups excluding carboxylic acids is 1. The fourth-order valence-electron chi connectivity index (χ4n) is 2.30. The van der Waals surface area contributed by atoms with Crippen LogP contribution in [-0.4, -0.2) is 53.0 Å². The molecule has 0 saturated carbocycles. The van der Waals surface area contributed by atoms with Crippen molar-refractivity contribution in [2.45, 2.75) is 12.5 Å². The Morgan fingerprint density at radius 1 is 1.23 bits per heavy atom. The van der Waals surface area contributed by atoms with Crippen LogP contribution in [0.4, 0.5) is 5.69 Å². The van der Waals surface area contributed by atoms with Crippen molar-refractivity contribution < 1.29 is 23.7 Å². The van der Waals surface area contributed by atoms with E-state index in [4.69, 9.17) is 18.9 Å². The molecule has 7 heteroatoms. The minimum Gasteiger partial charge on any atom is -0.494 e. The number of hydrogen-bond acceptors (Lipinski definition) is 6. The van der Waals surface area contributed by atoms with Crippen LogP contribution in [0.15, 0.2) is 12.1 Å². The first-order chi connectivity index (χ1) is 10.7. The van der Waals surface area contributed by atoms with Crippen molar-refractivity contribution in [2.24, 2.45) is 0 Å². The molecule has 1 saturated heterocycles. The van der Waals surface area contributed by atoms with Crippen LogP contribution in [0.2, 0.25) is 0 Å². The van der Waals surface area contributed by atoms with Crippen LogP contribution < -0.4 is 24.8 Å². The van der Waals surface area contributed by atoms with Gasteiger partial charge in [0.05, 0.1) is 40.2 Å². The predicted octanol–water partition coefficient (Wildman–Crippen LogP) is 1.03. The van der Waals surface area contributed by atoms with Gasteiger partial charge in [0, 0.05) is 31.1 Å². The summed E-state index contributed by atoms with van der Waals surface area (Å²) in [6.45, 7) is 1.98. The number of morpholine rings is 1. The lowest BCUT2D eigenvalue weighted by Crippen LogP contribution is -2.43. The van der Waals surface area contributed by atoms with Crippen LogP contribution in [0.3, 0.4) is 0 Å². The number of ether oxygens (including phenoxy) is 4. The molecule has 2 N–H and O–H groups in total. The van der Waals surface area contributed by atoms with E-state index < -0.39 is 0 Å². The third kappa shape index (κ3) is 4.02. The zero-order valence-corrected chi connectivity index (χ0v) is 13.1. The Balaban J connectivity index is 2.08. The molecular weight excluding hydrogens is 288 g/mol. The third-order valence-electron chi connectivity index (χ3n) is 3.41. The molecule has 1 heterocycles. The molecule has 1 aliphatic heterocycles. The van der Waals surface area contributed by atoms with Crippen molar-refractivity contribution >= 4 is 11.6 Å². The quantitative estimate of drug-likeness (QED) is 0.817. The van der Waals surface area contributed by atoms with Gasteiger partial charge >= 0.3 is 0 Å². The first-order valence-corrected chi connectivity index (χ1v) is 7.09. The number of rotatable bonds is 6. The van der Waals surface area contributed by atoms with Gasteiger partial charge in [-0.3, -0.25) is 4.79 Å². The normalized spacial score (nSPS) is 17.7. The largest absolute Gasteiger partial charge is 0.494 e. The molecule has 1 aromatic rings. The molecule has 1 aromatic carbocycles. The summed E-state index contributed by atoms with van der Waals surface area (Å²) in [5.41, 5.74) is 0.543. The number of methoxy groups -OCH3 is 3. The zero-order valence-electron chi connectivity index (χ0n) is 13.1. The van der Waals surface area contributed by atoms with Gasteiger partial charge in [-0.05, 0) is 0 Å². The van der Waals surface area contributed by atoms with Gasteiger partial charge in [0.25, 0.3) is 0 Å². The molecule has 0 aromatic heterocycles. The van der Waals surface area contributed by atoms with Crippen LogP contribution in [-0.2, 0) is 9.53 Å². The molecule has 1 unspecified atom stereocenters. The SMILES string of the molecule is COc1cc(OC)c(OC)cc1NC(=O)CC1COCCN1. The Morgan fingerprint density at radius 2 is 1.91 bits per heavy atom. The Bertz CT molecular complexity index is 515. The molecule has 1 fully saturated rings.